The predicted octanol–water partition coefficient (Wildman–Crippen LogP) is 1.33. The molecule has 1 saturated carbocycles. The number of esters is 1. The van der Waals surface area contributed by atoms with E-state index in [9.17, 15) is 9.59 Å². The normalized spacial score (nSPS) is 14.5. The Kier molecular flexibility index (Phi) is 3.72. The molecule has 1 aliphatic rings. The zero-order chi connectivity index (χ0) is 13.0. The van der Waals surface area contributed by atoms with Crippen LogP contribution < -0.4 is 5.43 Å². The van der Waals surface area contributed by atoms with E-state index >= 15 is 0 Å². The lowest BCUT2D eigenvalue weighted by molar-refractivity contribution is -0.122. The van der Waals surface area contributed by atoms with E-state index < -0.39 is 5.97 Å². The maximum atomic E-state index is 11.5. The molecule has 0 bridgehead atoms. The molecule has 1 fully saturated rings. The molecule has 1 aromatic rings. The lowest BCUT2D eigenvalue weighted by Crippen LogP contribution is -2.19. The zero-order valence-electron chi connectivity index (χ0n) is 10.1. The fourth-order valence-electron chi connectivity index (χ4n) is 1.51. The molecule has 0 radical (unpaired) electrons. The third kappa shape index (κ3) is 2.94. The molecular weight excluding hydrogens is 232 g/mol. The van der Waals surface area contributed by atoms with Crippen molar-refractivity contribution < 1.29 is 14.3 Å². The average molecular weight is 246 g/mol. The van der Waals surface area contributed by atoms with Crippen molar-refractivity contribution in [2.75, 3.05) is 7.11 Å². The molecule has 0 atom stereocenters. The number of ether oxygens (including phenoxy) is 1. The second-order valence-corrected chi connectivity index (χ2v) is 4.09. The van der Waals surface area contributed by atoms with E-state index in [-0.39, 0.29) is 11.8 Å². The Morgan fingerprint density at radius 2 is 2.11 bits per heavy atom. The quantitative estimate of drug-likeness (QED) is 0.495. The van der Waals surface area contributed by atoms with Gasteiger partial charge in [-0.05, 0) is 18.9 Å². The fourth-order valence-corrected chi connectivity index (χ4v) is 1.51. The Morgan fingerprint density at radius 3 is 2.78 bits per heavy atom. The summed E-state index contributed by atoms with van der Waals surface area (Å²) < 4.78 is 4.66. The first-order valence-electron chi connectivity index (χ1n) is 5.72. The summed E-state index contributed by atoms with van der Waals surface area (Å²) in [6.07, 6.45) is 3.31. The van der Waals surface area contributed by atoms with Gasteiger partial charge < -0.3 is 4.74 Å². The number of benzene rings is 1. The molecule has 1 aromatic carbocycles. The van der Waals surface area contributed by atoms with E-state index in [1.165, 1.54) is 13.3 Å². The topological polar surface area (TPSA) is 67.8 Å². The van der Waals surface area contributed by atoms with Crippen LogP contribution in [0.5, 0.6) is 0 Å². The highest BCUT2D eigenvalue weighted by Gasteiger charge is 2.29. The van der Waals surface area contributed by atoms with Crippen LogP contribution in [0.3, 0.4) is 0 Å². The number of carbonyl (C=O) groups excluding carboxylic acids is 2. The lowest BCUT2D eigenvalue weighted by atomic mass is 10.1. The Morgan fingerprint density at radius 1 is 1.39 bits per heavy atom. The minimum Gasteiger partial charge on any atom is -0.465 e. The number of hydrogen-bond donors (Lipinski definition) is 1. The number of amides is 1. The molecule has 0 spiro atoms. The van der Waals surface area contributed by atoms with Gasteiger partial charge in [-0.15, -0.1) is 0 Å². The second-order valence-electron chi connectivity index (χ2n) is 4.09. The zero-order valence-corrected chi connectivity index (χ0v) is 10.1. The first-order valence-corrected chi connectivity index (χ1v) is 5.72. The molecule has 5 heteroatoms. The molecule has 18 heavy (non-hydrogen) atoms. The van der Waals surface area contributed by atoms with E-state index in [2.05, 4.69) is 15.3 Å². The maximum Gasteiger partial charge on any atom is 0.338 e. The summed E-state index contributed by atoms with van der Waals surface area (Å²) in [5.74, 6) is -0.384. The first kappa shape index (κ1) is 12.3. The minimum absolute atomic E-state index is 0.0678. The molecule has 0 saturated heterocycles. The summed E-state index contributed by atoms with van der Waals surface area (Å²) in [5, 5.41) is 3.85. The van der Waals surface area contributed by atoms with E-state index in [4.69, 9.17) is 0 Å². The van der Waals surface area contributed by atoms with Gasteiger partial charge in [-0.3, -0.25) is 4.79 Å². The molecule has 5 nitrogen and oxygen atoms in total. The highest BCUT2D eigenvalue weighted by molar-refractivity contribution is 5.99. The van der Waals surface area contributed by atoms with Crippen molar-refractivity contribution in [1.82, 2.24) is 5.43 Å². The molecule has 94 valence electrons. The highest BCUT2D eigenvalue weighted by atomic mass is 16.5. The molecule has 1 aliphatic carbocycles. The number of carbonyl (C=O) groups is 2. The van der Waals surface area contributed by atoms with Crippen LogP contribution in [-0.2, 0) is 9.53 Å². The van der Waals surface area contributed by atoms with Crippen molar-refractivity contribution in [3.8, 4) is 0 Å². The number of hydrazone groups is 1. The summed E-state index contributed by atoms with van der Waals surface area (Å²) in [6, 6.07) is 6.91. The predicted molar refractivity (Wildman–Crippen MR) is 66.2 cm³/mol. The van der Waals surface area contributed by atoms with Crippen LogP contribution in [0.25, 0.3) is 0 Å². The molecule has 2 rings (SSSR count). The number of nitrogens with zero attached hydrogens (tertiary/aromatic N) is 1. The van der Waals surface area contributed by atoms with Gasteiger partial charge in [0, 0.05) is 11.5 Å². The van der Waals surface area contributed by atoms with Crippen LogP contribution >= 0.6 is 0 Å². The number of hydrogen-bond acceptors (Lipinski definition) is 4. The Bertz CT molecular complexity index is 493. The van der Waals surface area contributed by atoms with Gasteiger partial charge in [0.15, 0.2) is 0 Å². The molecule has 1 amide bonds. The van der Waals surface area contributed by atoms with E-state index in [1.54, 1.807) is 24.3 Å². The van der Waals surface area contributed by atoms with E-state index in [1.807, 2.05) is 0 Å². The molecule has 0 heterocycles. The smallest absolute Gasteiger partial charge is 0.338 e. The molecular formula is C13H14N2O3. The molecule has 0 unspecified atom stereocenters. The van der Waals surface area contributed by atoms with Crippen LogP contribution in [-0.4, -0.2) is 25.2 Å². The van der Waals surface area contributed by atoms with Gasteiger partial charge in [-0.25, -0.2) is 10.2 Å². The van der Waals surface area contributed by atoms with Crippen molar-refractivity contribution in [3.63, 3.8) is 0 Å². The third-order valence-corrected chi connectivity index (χ3v) is 2.69. The van der Waals surface area contributed by atoms with Crippen LogP contribution in [0, 0.1) is 5.92 Å². The summed E-state index contributed by atoms with van der Waals surface area (Å²) in [7, 11) is 1.32. The lowest BCUT2D eigenvalue weighted by Gasteiger charge is -2.02. The van der Waals surface area contributed by atoms with Gasteiger partial charge in [-0.2, -0.15) is 5.10 Å². The fraction of sp³-hybridized carbons (Fsp3) is 0.308. The van der Waals surface area contributed by atoms with Gasteiger partial charge >= 0.3 is 5.97 Å². The minimum atomic E-state index is -0.425. The third-order valence-electron chi connectivity index (χ3n) is 2.69. The molecule has 0 aromatic heterocycles. The number of rotatable bonds is 4. The highest BCUT2D eigenvalue weighted by Crippen LogP contribution is 2.28. The monoisotopic (exact) mass is 246 g/mol. The van der Waals surface area contributed by atoms with Crippen LogP contribution in [0.15, 0.2) is 29.4 Å². The van der Waals surface area contributed by atoms with Gasteiger partial charge in [0.1, 0.15) is 0 Å². The van der Waals surface area contributed by atoms with Crippen molar-refractivity contribution in [2.24, 2.45) is 11.0 Å². The van der Waals surface area contributed by atoms with Gasteiger partial charge in [0.2, 0.25) is 5.91 Å². The van der Waals surface area contributed by atoms with Gasteiger partial charge in [0.05, 0.1) is 18.9 Å². The largest absolute Gasteiger partial charge is 0.465 e. The maximum absolute atomic E-state index is 11.5. The van der Waals surface area contributed by atoms with Crippen LogP contribution in [0.4, 0.5) is 0 Å². The average Bonchev–Trinajstić information content (AvgIpc) is 3.22. The summed E-state index contributed by atoms with van der Waals surface area (Å²) in [5.41, 5.74) is 3.49. The Balaban J connectivity index is 2.05. The van der Waals surface area contributed by atoms with Gasteiger partial charge in [-0.1, -0.05) is 18.2 Å². The van der Waals surface area contributed by atoms with Crippen LogP contribution in [0.1, 0.15) is 28.8 Å². The van der Waals surface area contributed by atoms with Crippen LogP contribution in [0.2, 0.25) is 0 Å². The Hall–Kier alpha value is -2.17. The van der Waals surface area contributed by atoms with E-state index in [0.717, 1.165) is 12.8 Å². The van der Waals surface area contributed by atoms with E-state index in [0.29, 0.717) is 11.1 Å². The molecule has 0 aliphatic heterocycles. The Labute approximate surface area is 105 Å². The SMILES string of the molecule is COC(=O)c1ccccc1/C=N\NC(=O)C1CC1. The van der Waals surface area contributed by atoms with Crippen molar-refractivity contribution in [1.29, 1.82) is 0 Å². The van der Waals surface area contributed by atoms with Crippen molar-refractivity contribution in [2.45, 2.75) is 12.8 Å². The number of methoxy groups -OCH3 is 1. The summed E-state index contributed by atoms with van der Waals surface area (Å²) in [4.78, 5) is 22.8. The first-order chi connectivity index (χ1) is 8.72. The second kappa shape index (κ2) is 5.44. The van der Waals surface area contributed by atoms with Crippen molar-refractivity contribution in [3.05, 3.63) is 35.4 Å². The molecule has 1 N–H and O–H groups in total. The number of nitrogens with one attached hydrogen (secondary N) is 1. The summed E-state index contributed by atoms with van der Waals surface area (Å²) >= 11 is 0. The van der Waals surface area contributed by atoms with Gasteiger partial charge in [0.25, 0.3) is 0 Å². The summed E-state index contributed by atoms with van der Waals surface area (Å²) in [6.45, 7) is 0. The van der Waals surface area contributed by atoms with Crippen molar-refractivity contribution >= 4 is 18.1 Å². The standard InChI is InChI=1S/C13H14N2O3/c1-18-13(17)11-5-3-2-4-10(11)8-14-15-12(16)9-6-7-9/h2-5,8-9H,6-7H2,1H3,(H,15,16)/b14-8-.